The molecule has 176 valence electrons. The van der Waals surface area contributed by atoms with Crippen LogP contribution in [0, 0.1) is 0 Å². The summed E-state index contributed by atoms with van der Waals surface area (Å²) >= 11 is 0. The molecular weight excluding hydrogens is 472 g/mol. The van der Waals surface area contributed by atoms with Crippen molar-refractivity contribution in [3.05, 3.63) is 76.9 Å². The van der Waals surface area contributed by atoms with Crippen LogP contribution in [0.4, 0.5) is 5.69 Å². The second kappa shape index (κ2) is 9.18. The van der Waals surface area contributed by atoms with Crippen LogP contribution < -0.4 is 16.1 Å². The van der Waals surface area contributed by atoms with Crippen LogP contribution in [-0.2, 0) is 29.3 Å². The molecule has 13 heteroatoms. The Kier molecular flexibility index (Phi) is 6.30. The van der Waals surface area contributed by atoms with Gasteiger partial charge in [0.25, 0.3) is 0 Å². The number of carbonyl (C=O) groups is 2. The zero-order valence-corrected chi connectivity index (χ0v) is 18.1. The lowest BCUT2D eigenvalue weighted by atomic mass is 9.82. The molecule has 0 saturated carbocycles. The molecule has 1 aliphatic carbocycles. The second-order valence-corrected chi connectivity index (χ2v) is 8.32. The van der Waals surface area contributed by atoms with E-state index < -0.39 is 27.4 Å². The Labute approximate surface area is 192 Å². The molecule has 3 aromatic carbocycles. The summed E-state index contributed by atoms with van der Waals surface area (Å²) in [7, 11) is -3.15. The number of hydrogen-bond acceptors (Lipinski definition) is 12. The number of anilines is 1. The third-order valence-corrected chi connectivity index (χ3v) is 5.94. The van der Waals surface area contributed by atoms with E-state index in [1.165, 1.54) is 24.3 Å². The number of ether oxygens (including phenoxy) is 1. The summed E-state index contributed by atoms with van der Waals surface area (Å²) in [6.45, 7) is 0. The van der Waals surface area contributed by atoms with E-state index in [0.29, 0.717) is 0 Å². The molecule has 34 heavy (non-hydrogen) atoms. The molecule has 0 heterocycles. The molecule has 1 aliphatic rings. The highest BCUT2D eigenvalue weighted by molar-refractivity contribution is 7.86. The molecule has 0 spiro atoms. The van der Waals surface area contributed by atoms with Crippen molar-refractivity contribution < 1.29 is 47.0 Å². The molecule has 12 nitrogen and oxygen atoms in total. The number of benzene rings is 3. The van der Waals surface area contributed by atoms with Crippen molar-refractivity contribution in [1.29, 1.82) is 0 Å². The molecule has 0 saturated heterocycles. The molecule has 0 aromatic heterocycles. The molecule has 0 atom stereocenters. The van der Waals surface area contributed by atoms with E-state index in [9.17, 15) is 23.1 Å². The lowest BCUT2D eigenvalue weighted by Gasteiger charge is -2.21. The third kappa shape index (κ3) is 4.22. The lowest BCUT2D eigenvalue weighted by Crippen LogP contribution is -2.22. The maximum Gasteiger partial charge on any atom is 0.314 e. The Morgan fingerprint density at radius 2 is 1.56 bits per heavy atom. The van der Waals surface area contributed by atoms with Crippen LogP contribution in [0.2, 0.25) is 0 Å². The monoisotopic (exact) mass is 488 g/mol. The second-order valence-electron chi connectivity index (χ2n) is 6.77. The lowest BCUT2D eigenvalue weighted by molar-refractivity contribution is -0.544. The third-order valence-electron chi connectivity index (χ3n) is 4.80. The Balaban J connectivity index is 1.61. The van der Waals surface area contributed by atoms with Crippen LogP contribution >= 0.6 is 0 Å². The molecule has 4 N–H and O–H groups in total. The van der Waals surface area contributed by atoms with Gasteiger partial charge in [0.15, 0.2) is 17.3 Å². The largest absolute Gasteiger partial charge is 0.507 e. The fraction of sp³-hybridized carbons (Fsp3) is 0.0476. The van der Waals surface area contributed by atoms with Gasteiger partial charge in [0.2, 0.25) is 0 Å². The fourth-order valence-electron chi connectivity index (χ4n) is 3.31. The summed E-state index contributed by atoms with van der Waals surface area (Å²) in [4.78, 5) is 33.7. The first-order valence-electron chi connectivity index (χ1n) is 9.41. The van der Waals surface area contributed by atoms with Crippen LogP contribution in [0.5, 0.6) is 17.2 Å². The Bertz CT molecular complexity index is 1390. The van der Waals surface area contributed by atoms with E-state index in [1.807, 2.05) is 0 Å². The number of nitrogens with one attached hydrogen (secondary N) is 1. The van der Waals surface area contributed by atoms with E-state index in [-0.39, 0.29) is 44.3 Å². The van der Waals surface area contributed by atoms with Crippen LogP contribution in [0.15, 0.2) is 59.5 Å². The minimum Gasteiger partial charge on any atom is -0.507 e. The summed E-state index contributed by atoms with van der Waals surface area (Å²) in [5.74, 6) is -1.54. The van der Waals surface area contributed by atoms with Gasteiger partial charge in [-0.05, 0) is 34.9 Å². The maximum absolute atomic E-state index is 13.0. The van der Waals surface area contributed by atoms with Gasteiger partial charge in [-0.3, -0.25) is 9.59 Å². The summed E-state index contributed by atoms with van der Waals surface area (Å²) in [5, 5.41) is 14.4. The predicted octanol–water partition coefficient (Wildman–Crippen LogP) is 2.18. The maximum atomic E-state index is 13.0. The first kappa shape index (κ1) is 23.3. The van der Waals surface area contributed by atoms with Gasteiger partial charge in [0.1, 0.15) is 11.5 Å². The van der Waals surface area contributed by atoms with Gasteiger partial charge in [0.05, 0.1) is 28.8 Å². The van der Waals surface area contributed by atoms with Crippen molar-refractivity contribution in [2.75, 3.05) is 12.8 Å². The quantitative estimate of drug-likeness (QED) is 0.109. The smallest absolute Gasteiger partial charge is 0.314 e. The normalized spacial score (nSPS) is 12.9. The topological polar surface area (TPSA) is 173 Å². The Morgan fingerprint density at radius 1 is 0.941 bits per heavy atom. The van der Waals surface area contributed by atoms with Crippen molar-refractivity contribution in [2.24, 2.45) is 0 Å². The molecule has 0 unspecified atom stereocenters. The summed E-state index contributed by atoms with van der Waals surface area (Å²) in [5.41, 5.74) is 7.50. The van der Waals surface area contributed by atoms with Crippen LogP contribution in [-0.4, -0.2) is 32.2 Å². The van der Waals surface area contributed by atoms with E-state index >= 15 is 0 Å². The minimum absolute atomic E-state index is 0.101. The van der Waals surface area contributed by atoms with Crippen LogP contribution in [0.25, 0.3) is 0 Å². The van der Waals surface area contributed by atoms with Crippen molar-refractivity contribution in [1.82, 2.24) is 5.64 Å². The van der Waals surface area contributed by atoms with Crippen LogP contribution in [0.1, 0.15) is 31.8 Å². The van der Waals surface area contributed by atoms with Gasteiger partial charge in [-0.15, -0.1) is 4.28 Å². The van der Waals surface area contributed by atoms with E-state index in [0.717, 1.165) is 25.3 Å². The van der Waals surface area contributed by atoms with Crippen molar-refractivity contribution in [2.45, 2.75) is 4.90 Å². The van der Waals surface area contributed by atoms with Gasteiger partial charge in [0, 0.05) is 17.2 Å². The van der Waals surface area contributed by atoms with E-state index in [4.69, 9.17) is 10.5 Å². The van der Waals surface area contributed by atoms with E-state index in [2.05, 4.69) is 19.2 Å². The summed E-state index contributed by atoms with van der Waals surface area (Å²) in [6.07, 6.45) is 0. The Hall–Kier alpha value is -3.85. The van der Waals surface area contributed by atoms with Crippen molar-refractivity contribution in [3.8, 4) is 17.2 Å². The zero-order valence-electron chi connectivity index (χ0n) is 17.3. The zero-order chi connectivity index (χ0) is 24.5. The molecule has 0 aliphatic heterocycles. The number of rotatable bonds is 8. The number of fused-ring (bicyclic) bond motifs is 2. The number of carbonyl (C=O) groups excluding carboxylic acids is 2. The molecule has 4 rings (SSSR count). The van der Waals surface area contributed by atoms with Crippen LogP contribution in [0.3, 0.4) is 0 Å². The molecule has 0 radical (unpaired) electrons. The molecular formula is C21H16N2O10S. The number of nitrogen functional groups attached to an aromatic ring is 1. The van der Waals surface area contributed by atoms with Gasteiger partial charge in [-0.2, -0.15) is 8.42 Å². The van der Waals surface area contributed by atoms with E-state index in [1.54, 1.807) is 17.8 Å². The minimum atomic E-state index is -4.27. The number of hydrogen-bond donors (Lipinski definition) is 3. The molecule has 0 bridgehead atoms. The van der Waals surface area contributed by atoms with Crippen molar-refractivity contribution >= 4 is 27.4 Å². The highest BCUT2D eigenvalue weighted by Crippen LogP contribution is 2.42. The van der Waals surface area contributed by atoms with Crippen molar-refractivity contribution in [3.63, 3.8) is 0 Å². The summed E-state index contributed by atoms with van der Waals surface area (Å²) < 4.78 is 34.1. The molecule has 0 amide bonds. The number of phenolic OH excluding ortho intramolecular Hbond substituents is 1. The van der Waals surface area contributed by atoms with Gasteiger partial charge < -0.3 is 15.6 Å². The predicted molar refractivity (Wildman–Crippen MR) is 113 cm³/mol. The first-order valence-corrected chi connectivity index (χ1v) is 10.8. The first-order chi connectivity index (χ1) is 16.2. The molecule has 3 aromatic rings. The standard InChI is InChI=1S/C21H16N2O10S/c1-29-33-31-23-32-34(27,28)12-8-6-11(7-9-12)30-16-10-15(24)17-18(19(16)22)21(26)14-5-3-2-4-13(14)20(17)25/h2-10,23-24H,22H2,1H3. The Morgan fingerprint density at radius 3 is 2.18 bits per heavy atom. The number of nitrogens with two attached hydrogens (primary N) is 1. The average molecular weight is 488 g/mol. The molecule has 0 fully saturated rings. The fourth-order valence-corrected chi connectivity index (χ4v) is 4.00. The van der Waals surface area contributed by atoms with Gasteiger partial charge in [-0.25, -0.2) is 4.89 Å². The highest BCUT2D eigenvalue weighted by Gasteiger charge is 2.35. The number of phenols is 1. The highest BCUT2D eigenvalue weighted by atomic mass is 32.2. The summed E-state index contributed by atoms with van der Waals surface area (Å²) in [6, 6.07) is 12.2. The average Bonchev–Trinajstić information content (AvgIpc) is 2.83. The number of ketones is 2. The van der Waals surface area contributed by atoms with Gasteiger partial charge in [-0.1, -0.05) is 29.3 Å². The number of aromatic hydroxyl groups is 1. The van der Waals surface area contributed by atoms with Gasteiger partial charge >= 0.3 is 10.1 Å². The SMILES string of the molecule is COOONOS(=O)(=O)c1ccc(Oc2cc(O)c3c(c2N)C(=O)c2ccccc2C3=O)cc1.